The number of amides is 4. The predicted molar refractivity (Wildman–Crippen MR) is 159 cm³/mol. The minimum absolute atomic E-state index is 0.0298. The molecule has 2 aliphatic rings. The number of nitrogens with zero attached hydrogens (tertiary/aromatic N) is 4. The second-order valence-electron chi connectivity index (χ2n) is 10.8. The molecule has 0 radical (unpaired) electrons. The van der Waals surface area contributed by atoms with Crippen LogP contribution in [0.3, 0.4) is 0 Å². The van der Waals surface area contributed by atoms with Gasteiger partial charge in [-0.2, -0.15) is 0 Å². The Bertz CT molecular complexity index is 1600. The van der Waals surface area contributed by atoms with Crippen LogP contribution in [0.25, 0.3) is 10.8 Å². The first-order valence-corrected chi connectivity index (χ1v) is 14.1. The molecule has 0 aliphatic carbocycles. The minimum atomic E-state index is -0.811. The number of aromatic hydroxyl groups is 1. The van der Waals surface area contributed by atoms with Crippen molar-refractivity contribution in [3.05, 3.63) is 114 Å². The summed E-state index contributed by atoms with van der Waals surface area (Å²) in [5.41, 5.74) is 2.76. The highest BCUT2D eigenvalue weighted by Gasteiger charge is 2.50. The van der Waals surface area contributed by atoms with Crippen molar-refractivity contribution in [1.29, 1.82) is 0 Å². The zero-order valence-corrected chi connectivity index (χ0v) is 23.4. The van der Waals surface area contributed by atoms with E-state index in [-0.39, 0.29) is 43.1 Å². The molecular weight excluding hydrogens is 530 g/mol. The zero-order chi connectivity index (χ0) is 29.2. The topological polar surface area (TPSA) is 96.4 Å². The second-order valence-corrected chi connectivity index (χ2v) is 10.8. The number of nitrogens with one attached hydrogen (secondary N) is 1. The lowest BCUT2D eigenvalue weighted by Gasteiger charge is -2.54. The molecule has 2 atom stereocenters. The normalized spacial score (nSPS) is 19.2. The Kier molecular flexibility index (Phi) is 7.50. The van der Waals surface area contributed by atoms with Gasteiger partial charge in [0.25, 0.3) is 0 Å². The first kappa shape index (κ1) is 27.3. The van der Waals surface area contributed by atoms with Crippen molar-refractivity contribution in [2.45, 2.75) is 31.7 Å². The molecule has 0 spiro atoms. The average Bonchev–Trinajstić information content (AvgIpc) is 2.99. The van der Waals surface area contributed by atoms with Crippen LogP contribution >= 0.6 is 0 Å². The van der Waals surface area contributed by atoms with Crippen LogP contribution in [0, 0.1) is 0 Å². The number of piperazine rings is 1. The van der Waals surface area contributed by atoms with Gasteiger partial charge in [-0.1, -0.05) is 84.9 Å². The Morgan fingerprint density at radius 1 is 0.881 bits per heavy atom. The van der Waals surface area contributed by atoms with Gasteiger partial charge in [0.2, 0.25) is 11.8 Å². The van der Waals surface area contributed by atoms with Crippen molar-refractivity contribution in [3.8, 4) is 5.75 Å². The number of carbonyl (C=O) groups excluding carboxylic acids is 3. The third kappa shape index (κ3) is 5.38. The van der Waals surface area contributed by atoms with E-state index in [1.54, 1.807) is 51.1 Å². The predicted octanol–water partition coefficient (Wildman–Crippen LogP) is 3.73. The Morgan fingerprint density at radius 3 is 2.38 bits per heavy atom. The van der Waals surface area contributed by atoms with E-state index in [4.69, 9.17) is 0 Å². The average molecular weight is 564 g/mol. The molecule has 6 rings (SSSR count). The first-order chi connectivity index (χ1) is 20.4. The van der Waals surface area contributed by atoms with Gasteiger partial charge in [-0.3, -0.25) is 9.59 Å². The van der Waals surface area contributed by atoms with Gasteiger partial charge in [0, 0.05) is 26.6 Å². The standard InChI is InChI=1S/C33H33N5O4/c1-35-22-31(40)37-29(18-23-14-16-27(39)17-15-23)32(41)36(20-26-12-7-11-25-10-5-6-13-28(25)26)21-30(37)38(35)33(42)34-19-24-8-3-2-4-9-24/h2-17,29-30,39H,18-22H2,1H3,(H,34,42)/t29-,30+/m0/s1. The summed E-state index contributed by atoms with van der Waals surface area (Å²) in [6.45, 7) is 0.815. The number of phenolic OH excluding ortho intramolecular Hbond substituents is 1. The smallest absolute Gasteiger partial charge is 0.334 e. The molecule has 2 heterocycles. The number of hydrazine groups is 1. The lowest BCUT2D eigenvalue weighted by Crippen LogP contribution is -2.76. The Labute approximate surface area is 244 Å². The number of likely N-dealkylation sites (N-methyl/N-ethyl adjacent to an activating group) is 1. The minimum Gasteiger partial charge on any atom is -0.508 e. The van der Waals surface area contributed by atoms with E-state index in [2.05, 4.69) is 5.32 Å². The van der Waals surface area contributed by atoms with Gasteiger partial charge >= 0.3 is 6.03 Å². The molecule has 214 valence electrons. The summed E-state index contributed by atoms with van der Waals surface area (Å²) in [6.07, 6.45) is -0.432. The molecule has 2 fully saturated rings. The Hall–Kier alpha value is -4.89. The van der Waals surface area contributed by atoms with Crippen molar-refractivity contribution in [2.75, 3.05) is 20.1 Å². The fourth-order valence-electron chi connectivity index (χ4n) is 5.99. The maximum Gasteiger partial charge on any atom is 0.334 e. The molecule has 42 heavy (non-hydrogen) atoms. The van der Waals surface area contributed by atoms with Crippen molar-refractivity contribution >= 4 is 28.6 Å². The molecule has 9 nitrogen and oxygen atoms in total. The van der Waals surface area contributed by atoms with Gasteiger partial charge in [0.15, 0.2) is 0 Å². The molecule has 2 N–H and O–H groups in total. The van der Waals surface area contributed by atoms with Crippen LogP contribution in [0.5, 0.6) is 5.75 Å². The third-order valence-electron chi connectivity index (χ3n) is 8.04. The van der Waals surface area contributed by atoms with Crippen LogP contribution in [-0.2, 0) is 29.1 Å². The third-order valence-corrected chi connectivity index (χ3v) is 8.04. The molecule has 4 aromatic rings. The van der Waals surface area contributed by atoms with Crippen molar-refractivity contribution in [3.63, 3.8) is 0 Å². The summed E-state index contributed by atoms with van der Waals surface area (Å²) < 4.78 is 0. The molecule has 4 aromatic carbocycles. The molecule has 9 heteroatoms. The molecule has 2 saturated heterocycles. The van der Waals surface area contributed by atoms with E-state index in [1.807, 2.05) is 72.8 Å². The lowest BCUT2D eigenvalue weighted by atomic mass is 9.97. The maximum absolute atomic E-state index is 14.2. The molecule has 0 bridgehead atoms. The summed E-state index contributed by atoms with van der Waals surface area (Å²) in [5, 5.41) is 18.1. The highest BCUT2D eigenvalue weighted by molar-refractivity contribution is 5.92. The van der Waals surface area contributed by atoms with E-state index >= 15 is 0 Å². The van der Waals surface area contributed by atoms with Crippen LogP contribution in [-0.4, -0.2) is 75.1 Å². The van der Waals surface area contributed by atoms with Gasteiger partial charge < -0.3 is 20.2 Å². The quantitative estimate of drug-likeness (QED) is 0.373. The number of hydrogen-bond donors (Lipinski definition) is 2. The van der Waals surface area contributed by atoms with Crippen LogP contribution in [0.1, 0.15) is 16.7 Å². The summed E-state index contributed by atoms with van der Waals surface area (Å²) in [6, 6.07) is 29.2. The molecular formula is C33H33N5O4. The molecule has 2 aliphatic heterocycles. The van der Waals surface area contributed by atoms with Crippen LogP contribution in [0.4, 0.5) is 4.79 Å². The summed E-state index contributed by atoms with van der Waals surface area (Å²) >= 11 is 0. The largest absolute Gasteiger partial charge is 0.508 e. The van der Waals surface area contributed by atoms with Gasteiger partial charge in [0.1, 0.15) is 18.0 Å². The van der Waals surface area contributed by atoms with Crippen LogP contribution in [0.15, 0.2) is 97.1 Å². The second kappa shape index (κ2) is 11.5. The van der Waals surface area contributed by atoms with Gasteiger partial charge in [0.05, 0.1) is 13.1 Å². The maximum atomic E-state index is 14.2. The molecule has 0 unspecified atom stereocenters. The van der Waals surface area contributed by atoms with Gasteiger partial charge in [-0.25, -0.2) is 14.8 Å². The molecule has 0 aromatic heterocycles. The van der Waals surface area contributed by atoms with Crippen molar-refractivity contribution in [1.82, 2.24) is 25.1 Å². The zero-order valence-electron chi connectivity index (χ0n) is 23.4. The number of phenols is 1. The molecule has 4 amide bonds. The number of benzene rings is 4. The summed E-state index contributed by atoms with van der Waals surface area (Å²) in [7, 11) is 1.72. The first-order valence-electron chi connectivity index (χ1n) is 14.1. The van der Waals surface area contributed by atoms with E-state index in [0.717, 1.165) is 27.5 Å². The molecule has 0 saturated carbocycles. The fraction of sp³-hybridized carbons (Fsp3) is 0.242. The van der Waals surface area contributed by atoms with E-state index in [9.17, 15) is 19.5 Å². The van der Waals surface area contributed by atoms with E-state index in [0.29, 0.717) is 13.1 Å². The van der Waals surface area contributed by atoms with Crippen LogP contribution in [0.2, 0.25) is 0 Å². The Morgan fingerprint density at radius 2 is 1.60 bits per heavy atom. The highest BCUT2D eigenvalue weighted by atomic mass is 16.3. The van der Waals surface area contributed by atoms with Gasteiger partial charge in [-0.15, -0.1) is 0 Å². The van der Waals surface area contributed by atoms with Crippen LogP contribution < -0.4 is 5.32 Å². The number of fused-ring (bicyclic) bond motifs is 2. The number of urea groups is 1. The van der Waals surface area contributed by atoms with Crippen molar-refractivity contribution in [2.24, 2.45) is 0 Å². The summed E-state index contributed by atoms with van der Waals surface area (Å²) in [5.74, 6) is -0.257. The Balaban J connectivity index is 1.34. The SMILES string of the molecule is CN1CC(=O)N2[C@@H](CN(Cc3cccc4ccccc34)C(=O)[C@@H]2Cc2ccc(O)cc2)N1C(=O)NCc1ccccc1. The highest BCUT2D eigenvalue weighted by Crippen LogP contribution is 2.30. The monoisotopic (exact) mass is 563 g/mol. The van der Waals surface area contributed by atoms with Crippen molar-refractivity contribution < 1.29 is 19.5 Å². The lowest BCUT2D eigenvalue weighted by molar-refractivity contribution is -0.187. The van der Waals surface area contributed by atoms with E-state index < -0.39 is 12.2 Å². The fourth-order valence-corrected chi connectivity index (χ4v) is 5.99. The number of rotatable bonds is 6. The van der Waals surface area contributed by atoms with E-state index in [1.165, 1.54) is 0 Å². The summed E-state index contributed by atoms with van der Waals surface area (Å²) in [4.78, 5) is 44.7. The number of hydrogen-bond acceptors (Lipinski definition) is 5. The van der Waals surface area contributed by atoms with Gasteiger partial charge in [-0.05, 0) is 39.6 Å². The number of carbonyl (C=O) groups is 3.